The largest absolute Gasteiger partial charge is 0.493 e. The topological polar surface area (TPSA) is 78.8 Å². The lowest BCUT2D eigenvalue weighted by molar-refractivity contribution is -0.130. The molecule has 30 heavy (non-hydrogen) atoms. The molecule has 1 unspecified atom stereocenters. The van der Waals surface area contributed by atoms with Gasteiger partial charge in [0.1, 0.15) is 0 Å². The van der Waals surface area contributed by atoms with Gasteiger partial charge in [0.05, 0.1) is 47.3 Å². The van der Waals surface area contributed by atoms with Gasteiger partial charge < -0.3 is 23.7 Å². The van der Waals surface area contributed by atoms with Crippen LogP contribution in [0, 0.1) is 0 Å². The van der Waals surface area contributed by atoms with Crippen molar-refractivity contribution in [2.45, 2.75) is 19.4 Å². The number of nitrogens with zero attached hydrogens (tertiary/aromatic N) is 2. The molecule has 8 heteroatoms. The summed E-state index contributed by atoms with van der Waals surface area (Å²) in [4.78, 5) is 12.3. The van der Waals surface area contributed by atoms with Crippen molar-refractivity contribution in [2.75, 3.05) is 35.5 Å². The molecule has 1 aliphatic rings. The number of methoxy groups -OCH3 is 5. The fourth-order valence-corrected chi connectivity index (χ4v) is 3.54. The van der Waals surface area contributed by atoms with Crippen LogP contribution in [0.3, 0.4) is 0 Å². The van der Waals surface area contributed by atoms with E-state index in [1.54, 1.807) is 35.5 Å². The standard InChI is InChI=1S/C22H26N2O6/c1-13(25)24-17(15-10-20(28-4)22(30-6)21(11-15)29-5)12-16(23-24)14-7-8-18(26-2)19(9-14)27-3/h7-11,17H,12H2,1-6H3. The van der Waals surface area contributed by atoms with Crippen molar-refractivity contribution in [3.8, 4) is 28.7 Å². The molecule has 1 amide bonds. The van der Waals surface area contributed by atoms with Gasteiger partial charge in [0, 0.05) is 18.9 Å². The summed E-state index contributed by atoms with van der Waals surface area (Å²) in [5, 5.41) is 6.07. The molecular formula is C22H26N2O6. The molecule has 1 aliphatic heterocycles. The van der Waals surface area contributed by atoms with Gasteiger partial charge in [0.2, 0.25) is 11.7 Å². The monoisotopic (exact) mass is 414 g/mol. The van der Waals surface area contributed by atoms with Crippen molar-refractivity contribution >= 4 is 11.6 Å². The maximum atomic E-state index is 12.3. The first-order chi connectivity index (χ1) is 14.5. The molecule has 0 spiro atoms. The summed E-state index contributed by atoms with van der Waals surface area (Å²) in [6.07, 6.45) is 0.522. The van der Waals surface area contributed by atoms with E-state index in [0.29, 0.717) is 35.2 Å². The van der Waals surface area contributed by atoms with Crippen LogP contribution in [0.2, 0.25) is 0 Å². The van der Waals surface area contributed by atoms with Crippen molar-refractivity contribution in [1.82, 2.24) is 5.01 Å². The summed E-state index contributed by atoms with van der Waals surface area (Å²) >= 11 is 0. The third-order valence-electron chi connectivity index (χ3n) is 5.02. The quantitative estimate of drug-likeness (QED) is 0.691. The Balaban J connectivity index is 2.02. The molecule has 1 heterocycles. The molecule has 0 bridgehead atoms. The number of ether oxygens (including phenoxy) is 5. The molecule has 0 saturated carbocycles. The number of hydrogen-bond donors (Lipinski definition) is 0. The van der Waals surface area contributed by atoms with E-state index in [1.165, 1.54) is 11.9 Å². The molecule has 0 radical (unpaired) electrons. The van der Waals surface area contributed by atoms with Crippen LogP contribution < -0.4 is 23.7 Å². The average molecular weight is 414 g/mol. The van der Waals surface area contributed by atoms with Gasteiger partial charge in [-0.15, -0.1) is 0 Å². The zero-order valence-electron chi connectivity index (χ0n) is 18.0. The van der Waals surface area contributed by atoms with Crippen LogP contribution in [0.25, 0.3) is 0 Å². The van der Waals surface area contributed by atoms with Crippen molar-refractivity contribution in [1.29, 1.82) is 0 Å². The molecular weight excluding hydrogens is 388 g/mol. The van der Waals surface area contributed by atoms with Crippen molar-refractivity contribution in [2.24, 2.45) is 5.10 Å². The Morgan fingerprint density at radius 1 is 0.867 bits per heavy atom. The molecule has 1 atom stereocenters. The normalized spacial score (nSPS) is 15.5. The highest BCUT2D eigenvalue weighted by atomic mass is 16.5. The third-order valence-corrected chi connectivity index (χ3v) is 5.02. The highest BCUT2D eigenvalue weighted by Crippen LogP contribution is 2.43. The van der Waals surface area contributed by atoms with Crippen LogP contribution in [0.15, 0.2) is 35.4 Å². The second kappa shape index (κ2) is 8.94. The highest BCUT2D eigenvalue weighted by Gasteiger charge is 2.33. The Bertz CT molecular complexity index is 947. The second-order valence-corrected chi connectivity index (χ2v) is 6.66. The summed E-state index contributed by atoms with van der Waals surface area (Å²) in [5.74, 6) is 2.61. The zero-order chi connectivity index (χ0) is 21.8. The molecule has 0 fully saturated rings. The van der Waals surface area contributed by atoms with Crippen molar-refractivity contribution in [3.05, 3.63) is 41.5 Å². The minimum atomic E-state index is -0.306. The van der Waals surface area contributed by atoms with Gasteiger partial charge in [0.15, 0.2) is 23.0 Å². The van der Waals surface area contributed by atoms with Gasteiger partial charge in [0.25, 0.3) is 0 Å². The SMILES string of the molecule is COc1ccc(C2=NN(C(C)=O)C(c3cc(OC)c(OC)c(OC)c3)C2)cc1OC. The lowest BCUT2D eigenvalue weighted by atomic mass is 9.97. The predicted octanol–water partition coefficient (Wildman–Crippen LogP) is 3.43. The molecule has 8 nitrogen and oxygen atoms in total. The van der Waals surface area contributed by atoms with Crippen LogP contribution >= 0.6 is 0 Å². The Hall–Kier alpha value is -3.42. The molecule has 3 rings (SSSR count). The minimum absolute atomic E-state index is 0.163. The molecule has 0 aliphatic carbocycles. The van der Waals surface area contributed by atoms with Gasteiger partial charge >= 0.3 is 0 Å². The predicted molar refractivity (Wildman–Crippen MR) is 112 cm³/mol. The van der Waals surface area contributed by atoms with Crippen LogP contribution in [0.5, 0.6) is 28.7 Å². The van der Waals surface area contributed by atoms with Gasteiger partial charge in [-0.1, -0.05) is 0 Å². The fraction of sp³-hybridized carbons (Fsp3) is 0.364. The molecule has 0 aromatic heterocycles. The average Bonchev–Trinajstić information content (AvgIpc) is 3.23. The third kappa shape index (κ3) is 3.85. The van der Waals surface area contributed by atoms with Crippen molar-refractivity contribution < 1.29 is 28.5 Å². The summed E-state index contributed by atoms with van der Waals surface area (Å²) in [7, 11) is 7.84. The van der Waals surface area contributed by atoms with Crippen LogP contribution in [-0.4, -0.2) is 52.2 Å². The first kappa shape index (κ1) is 21.3. The molecule has 0 saturated heterocycles. The van der Waals surface area contributed by atoms with Crippen LogP contribution in [-0.2, 0) is 4.79 Å². The molecule has 2 aromatic carbocycles. The second-order valence-electron chi connectivity index (χ2n) is 6.66. The van der Waals surface area contributed by atoms with E-state index in [2.05, 4.69) is 5.10 Å². The van der Waals surface area contributed by atoms with Gasteiger partial charge in [-0.2, -0.15) is 5.10 Å². The maximum absolute atomic E-state index is 12.3. The van der Waals surface area contributed by atoms with E-state index in [4.69, 9.17) is 23.7 Å². The fourth-order valence-electron chi connectivity index (χ4n) is 3.54. The number of benzene rings is 2. The number of hydrazone groups is 1. The van der Waals surface area contributed by atoms with Gasteiger partial charge in [-0.25, -0.2) is 5.01 Å². The summed E-state index contributed by atoms with van der Waals surface area (Å²) in [5.41, 5.74) is 2.46. The van der Waals surface area contributed by atoms with E-state index >= 15 is 0 Å². The van der Waals surface area contributed by atoms with E-state index in [0.717, 1.165) is 16.8 Å². The van der Waals surface area contributed by atoms with E-state index in [9.17, 15) is 4.79 Å². The summed E-state index contributed by atoms with van der Waals surface area (Å²) in [6.45, 7) is 1.49. The Labute approximate surface area is 175 Å². The Kier molecular flexibility index (Phi) is 6.34. The van der Waals surface area contributed by atoms with Gasteiger partial charge in [-0.05, 0) is 35.9 Å². The highest BCUT2D eigenvalue weighted by molar-refractivity contribution is 6.03. The number of carbonyl (C=O) groups is 1. The van der Waals surface area contributed by atoms with Crippen LogP contribution in [0.4, 0.5) is 0 Å². The first-order valence-corrected chi connectivity index (χ1v) is 9.36. The van der Waals surface area contributed by atoms with E-state index < -0.39 is 0 Å². The zero-order valence-corrected chi connectivity index (χ0v) is 18.0. The Morgan fingerprint density at radius 3 is 1.97 bits per heavy atom. The first-order valence-electron chi connectivity index (χ1n) is 9.36. The molecule has 2 aromatic rings. The number of hydrogen-bond acceptors (Lipinski definition) is 7. The molecule has 0 N–H and O–H groups in total. The number of amides is 1. The lowest BCUT2D eigenvalue weighted by Gasteiger charge is -2.22. The lowest BCUT2D eigenvalue weighted by Crippen LogP contribution is -2.24. The summed E-state index contributed by atoms with van der Waals surface area (Å²) < 4.78 is 27.0. The van der Waals surface area contributed by atoms with E-state index in [1.807, 2.05) is 30.3 Å². The number of carbonyl (C=O) groups excluding carboxylic acids is 1. The summed E-state index contributed by atoms with van der Waals surface area (Å²) in [6, 6.07) is 8.95. The van der Waals surface area contributed by atoms with Crippen molar-refractivity contribution in [3.63, 3.8) is 0 Å². The smallest absolute Gasteiger partial charge is 0.240 e. The number of rotatable bonds is 7. The maximum Gasteiger partial charge on any atom is 0.240 e. The minimum Gasteiger partial charge on any atom is -0.493 e. The van der Waals surface area contributed by atoms with Gasteiger partial charge in [-0.3, -0.25) is 4.79 Å². The molecule has 160 valence electrons. The van der Waals surface area contributed by atoms with E-state index in [-0.39, 0.29) is 11.9 Å². The Morgan fingerprint density at radius 2 is 1.47 bits per heavy atom. The van der Waals surface area contributed by atoms with Crippen LogP contribution in [0.1, 0.15) is 30.5 Å².